The van der Waals surface area contributed by atoms with Crippen LogP contribution in [-0.2, 0) is 6.54 Å². The lowest BCUT2D eigenvalue weighted by molar-refractivity contribution is 0.626. The van der Waals surface area contributed by atoms with Gasteiger partial charge in [0.2, 0.25) is 0 Å². The van der Waals surface area contributed by atoms with Crippen LogP contribution in [0.25, 0.3) is 0 Å². The van der Waals surface area contributed by atoms with Crippen LogP contribution in [0.2, 0.25) is 5.02 Å². The Kier molecular flexibility index (Phi) is 3.90. The van der Waals surface area contributed by atoms with Gasteiger partial charge in [-0.25, -0.2) is 8.78 Å². The fourth-order valence-electron chi connectivity index (χ4n) is 1.83. The van der Waals surface area contributed by atoms with E-state index in [1.165, 1.54) is 24.3 Å². The van der Waals surface area contributed by atoms with Crippen LogP contribution in [0.4, 0.5) is 20.2 Å². The third kappa shape index (κ3) is 3.15. The highest BCUT2D eigenvalue weighted by Crippen LogP contribution is 2.29. The molecule has 0 bridgehead atoms. The standard InChI is InChI=1S/C14H13ClF2N2/c1-19(8-9-2-4-10(16)5-3-9)14-6-11(15)12(17)7-13(14)18/h2-7H,8,18H2,1H3. The number of nitrogens with zero attached hydrogens (tertiary/aromatic N) is 1. The zero-order chi connectivity index (χ0) is 14.0. The maximum absolute atomic E-state index is 13.2. The van der Waals surface area contributed by atoms with Gasteiger partial charge in [0.05, 0.1) is 16.4 Å². The highest BCUT2D eigenvalue weighted by molar-refractivity contribution is 6.31. The summed E-state index contributed by atoms with van der Waals surface area (Å²) in [5.41, 5.74) is 7.64. The molecule has 2 aromatic rings. The van der Waals surface area contributed by atoms with Gasteiger partial charge in [-0.1, -0.05) is 23.7 Å². The summed E-state index contributed by atoms with van der Waals surface area (Å²) >= 11 is 5.75. The van der Waals surface area contributed by atoms with Gasteiger partial charge in [0.15, 0.2) is 0 Å². The average molecular weight is 283 g/mol. The van der Waals surface area contributed by atoms with E-state index in [0.717, 1.165) is 5.56 Å². The Bertz CT molecular complexity index is 585. The molecule has 2 rings (SSSR count). The Labute approximate surface area is 115 Å². The topological polar surface area (TPSA) is 29.3 Å². The SMILES string of the molecule is CN(Cc1ccc(F)cc1)c1cc(Cl)c(F)cc1N. The van der Waals surface area contributed by atoms with Crippen LogP contribution in [0.1, 0.15) is 5.56 Å². The first kappa shape index (κ1) is 13.6. The van der Waals surface area contributed by atoms with E-state index in [2.05, 4.69) is 0 Å². The second-order valence-electron chi connectivity index (χ2n) is 4.31. The minimum atomic E-state index is -0.543. The number of benzene rings is 2. The summed E-state index contributed by atoms with van der Waals surface area (Å²) in [5, 5.41) is 0.0233. The minimum absolute atomic E-state index is 0.0233. The van der Waals surface area contributed by atoms with Crippen LogP contribution in [0.3, 0.4) is 0 Å². The van der Waals surface area contributed by atoms with E-state index in [9.17, 15) is 8.78 Å². The van der Waals surface area contributed by atoms with Crippen LogP contribution in [0.5, 0.6) is 0 Å². The molecule has 0 aromatic heterocycles. The Hall–Kier alpha value is -1.81. The summed E-state index contributed by atoms with van der Waals surface area (Å²) in [7, 11) is 1.81. The first-order chi connectivity index (χ1) is 8.97. The van der Waals surface area contributed by atoms with Crippen molar-refractivity contribution in [3.05, 3.63) is 58.6 Å². The maximum atomic E-state index is 13.2. The molecule has 5 heteroatoms. The monoisotopic (exact) mass is 282 g/mol. The molecular formula is C14H13ClF2N2. The van der Waals surface area contributed by atoms with E-state index in [1.807, 2.05) is 11.9 Å². The van der Waals surface area contributed by atoms with Crippen molar-refractivity contribution in [2.45, 2.75) is 6.54 Å². The highest BCUT2D eigenvalue weighted by atomic mass is 35.5. The molecule has 0 fully saturated rings. The summed E-state index contributed by atoms with van der Waals surface area (Å²) < 4.78 is 26.0. The molecule has 0 atom stereocenters. The lowest BCUT2D eigenvalue weighted by Gasteiger charge is -2.21. The van der Waals surface area contributed by atoms with Gasteiger partial charge in [0, 0.05) is 19.7 Å². The lowest BCUT2D eigenvalue weighted by Crippen LogP contribution is -2.18. The van der Waals surface area contributed by atoms with Gasteiger partial charge < -0.3 is 10.6 Å². The molecule has 0 saturated carbocycles. The minimum Gasteiger partial charge on any atom is -0.397 e. The van der Waals surface area contributed by atoms with Crippen LogP contribution < -0.4 is 10.6 Å². The van der Waals surface area contributed by atoms with Crippen molar-refractivity contribution in [1.82, 2.24) is 0 Å². The Morgan fingerprint density at radius 2 is 1.79 bits per heavy atom. The average Bonchev–Trinajstić information content (AvgIpc) is 2.36. The Balaban J connectivity index is 2.22. The molecular weight excluding hydrogens is 270 g/mol. The van der Waals surface area contributed by atoms with E-state index < -0.39 is 5.82 Å². The second-order valence-corrected chi connectivity index (χ2v) is 4.71. The first-order valence-electron chi connectivity index (χ1n) is 5.67. The van der Waals surface area contributed by atoms with E-state index in [4.69, 9.17) is 17.3 Å². The van der Waals surface area contributed by atoms with Crippen molar-refractivity contribution in [2.24, 2.45) is 0 Å². The molecule has 0 saturated heterocycles. The largest absolute Gasteiger partial charge is 0.397 e. The van der Waals surface area contributed by atoms with Crippen molar-refractivity contribution < 1.29 is 8.78 Å². The molecule has 0 aliphatic carbocycles. The molecule has 0 amide bonds. The predicted octanol–water partition coefficient (Wildman–Crippen LogP) is 3.84. The lowest BCUT2D eigenvalue weighted by atomic mass is 10.2. The van der Waals surface area contributed by atoms with Gasteiger partial charge in [0.1, 0.15) is 11.6 Å². The van der Waals surface area contributed by atoms with Crippen LogP contribution >= 0.6 is 11.6 Å². The number of nitrogen functional groups attached to an aromatic ring is 1. The molecule has 0 aliphatic heterocycles. The summed E-state index contributed by atoms with van der Waals surface area (Å²) in [6.07, 6.45) is 0. The fraction of sp³-hybridized carbons (Fsp3) is 0.143. The van der Waals surface area contributed by atoms with Gasteiger partial charge >= 0.3 is 0 Å². The Morgan fingerprint density at radius 1 is 1.16 bits per heavy atom. The van der Waals surface area contributed by atoms with Crippen molar-refractivity contribution in [3.63, 3.8) is 0 Å². The molecule has 2 aromatic carbocycles. The quantitative estimate of drug-likeness (QED) is 0.867. The first-order valence-corrected chi connectivity index (χ1v) is 6.05. The highest BCUT2D eigenvalue weighted by Gasteiger charge is 2.10. The normalized spacial score (nSPS) is 10.5. The predicted molar refractivity (Wildman–Crippen MR) is 74.3 cm³/mol. The summed E-state index contributed by atoms with van der Waals surface area (Å²) in [6.45, 7) is 0.520. The molecule has 0 aliphatic rings. The Morgan fingerprint density at radius 3 is 2.42 bits per heavy atom. The van der Waals surface area contributed by atoms with Crippen molar-refractivity contribution in [3.8, 4) is 0 Å². The molecule has 2 nitrogen and oxygen atoms in total. The number of rotatable bonds is 3. The maximum Gasteiger partial charge on any atom is 0.143 e. The molecule has 0 heterocycles. The molecule has 19 heavy (non-hydrogen) atoms. The molecule has 0 spiro atoms. The van der Waals surface area contributed by atoms with Gasteiger partial charge in [-0.3, -0.25) is 0 Å². The number of hydrogen-bond donors (Lipinski definition) is 1. The zero-order valence-electron chi connectivity index (χ0n) is 10.3. The number of hydrogen-bond acceptors (Lipinski definition) is 2. The van der Waals surface area contributed by atoms with Crippen molar-refractivity contribution >= 4 is 23.0 Å². The molecule has 0 radical (unpaired) electrons. The fourth-order valence-corrected chi connectivity index (χ4v) is 1.99. The third-order valence-electron chi connectivity index (χ3n) is 2.81. The van der Waals surface area contributed by atoms with Crippen molar-refractivity contribution in [2.75, 3.05) is 17.7 Å². The number of halogens is 3. The molecule has 100 valence electrons. The van der Waals surface area contributed by atoms with E-state index in [-0.39, 0.29) is 10.8 Å². The van der Waals surface area contributed by atoms with E-state index in [0.29, 0.717) is 17.9 Å². The van der Waals surface area contributed by atoms with Gasteiger partial charge in [-0.2, -0.15) is 0 Å². The van der Waals surface area contributed by atoms with Crippen LogP contribution in [-0.4, -0.2) is 7.05 Å². The second kappa shape index (κ2) is 5.45. The van der Waals surface area contributed by atoms with Crippen molar-refractivity contribution in [1.29, 1.82) is 0 Å². The van der Waals surface area contributed by atoms with Crippen LogP contribution in [0, 0.1) is 11.6 Å². The summed E-state index contributed by atoms with van der Waals surface area (Å²) in [5.74, 6) is -0.825. The molecule has 0 unspecified atom stereocenters. The van der Waals surface area contributed by atoms with Crippen LogP contribution in [0.15, 0.2) is 36.4 Å². The number of anilines is 2. The summed E-state index contributed by atoms with van der Waals surface area (Å²) in [6, 6.07) is 8.84. The number of nitrogens with two attached hydrogens (primary N) is 1. The van der Waals surface area contributed by atoms with E-state index in [1.54, 1.807) is 12.1 Å². The van der Waals surface area contributed by atoms with E-state index >= 15 is 0 Å². The summed E-state index contributed by atoms with van der Waals surface area (Å²) in [4.78, 5) is 1.83. The zero-order valence-corrected chi connectivity index (χ0v) is 11.1. The molecule has 2 N–H and O–H groups in total. The smallest absolute Gasteiger partial charge is 0.143 e. The van der Waals surface area contributed by atoms with Gasteiger partial charge in [-0.05, 0) is 23.8 Å². The third-order valence-corrected chi connectivity index (χ3v) is 3.10. The van der Waals surface area contributed by atoms with Gasteiger partial charge in [-0.15, -0.1) is 0 Å². The van der Waals surface area contributed by atoms with Gasteiger partial charge in [0.25, 0.3) is 0 Å².